The van der Waals surface area contributed by atoms with Crippen molar-refractivity contribution in [1.82, 2.24) is 14.9 Å². The Balaban J connectivity index is 1.46. The van der Waals surface area contributed by atoms with Crippen molar-refractivity contribution in [2.45, 2.75) is 26.9 Å². The van der Waals surface area contributed by atoms with Crippen LogP contribution in [-0.4, -0.2) is 60.0 Å². The molecule has 4 rings (SSSR count). The average molecular weight is 488 g/mol. The van der Waals surface area contributed by atoms with E-state index in [-0.39, 0.29) is 46.3 Å². The SMILES string of the molecule is CC(C)(C)COC(=O)N1CC2COCC(C1)C2Oc1ncnc(Nc2ccc(C#N)cc2F)c1F. The zero-order chi connectivity index (χ0) is 25.2. The highest BCUT2D eigenvalue weighted by molar-refractivity contribution is 5.68. The zero-order valence-electron chi connectivity index (χ0n) is 19.8. The number of rotatable bonds is 5. The predicted octanol–water partition coefficient (Wildman–Crippen LogP) is 3.88. The van der Waals surface area contributed by atoms with E-state index in [1.165, 1.54) is 12.1 Å². The summed E-state index contributed by atoms with van der Waals surface area (Å²) in [4.78, 5) is 22.0. The molecule has 2 atom stereocenters. The first-order chi connectivity index (χ1) is 16.6. The number of fused-ring (bicyclic) bond motifs is 2. The van der Waals surface area contributed by atoms with Crippen molar-refractivity contribution in [3.63, 3.8) is 0 Å². The average Bonchev–Trinajstić information content (AvgIpc) is 2.80. The Bertz CT molecular complexity index is 1120. The molecule has 0 spiro atoms. The third-order valence-electron chi connectivity index (χ3n) is 5.75. The number of hydrogen-bond acceptors (Lipinski definition) is 8. The number of carbonyl (C=O) groups is 1. The van der Waals surface area contributed by atoms with Crippen molar-refractivity contribution < 1.29 is 27.8 Å². The highest BCUT2D eigenvalue weighted by Crippen LogP contribution is 2.33. The van der Waals surface area contributed by atoms with Crippen molar-refractivity contribution in [2.75, 3.05) is 38.2 Å². The molecular formula is C24H27F2N5O4. The minimum Gasteiger partial charge on any atom is -0.471 e. The van der Waals surface area contributed by atoms with E-state index in [0.29, 0.717) is 32.9 Å². The Labute approximate surface area is 202 Å². The summed E-state index contributed by atoms with van der Waals surface area (Å²) >= 11 is 0. The molecule has 0 radical (unpaired) electrons. The van der Waals surface area contributed by atoms with Crippen LogP contribution >= 0.6 is 0 Å². The fourth-order valence-corrected chi connectivity index (χ4v) is 4.08. The zero-order valence-corrected chi connectivity index (χ0v) is 19.8. The van der Waals surface area contributed by atoms with Crippen LogP contribution in [0.3, 0.4) is 0 Å². The van der Waals surface area contributed by atoms with Gasteiger partial charge in [0.15, 0.2) is 5.82 Å². The van der Waals surface area contributed by atoms with Gasteiger partial charge in [-0.15, -0.1) is 0 Å². The number of nitriles is 1. The van der Waals surface area contributed by atoms with Crippen molar-refractivity contribution in [2.24, 2.45) is 17.3 Å². The van der Waals surface area contributed by atoms with E-state index >= 15 is 4.39 Å². The molecule has 1 N–H and O–H groups in total. The molecule has 3 heterocycles. The van der Waals surface area contributed by atoms with Crippen LogP contribution in [0.2, 0.25) is 0 Å². The molecule has 0 aliphatic carbocycles. The standard InChI is InChI=1S/C24H27F2N5O4/c1-24(2,3)12-34-23(32)31-8-15-10-33-11-16(9-31)20(15)35-22-19(26)21(28-13-29-22)30-18-5-4-14(7-27)6-17(18)25/h4-6,13,15-16,20H,8-12H2,1-3H3,(H,28,29,30). The second-order valence-electron chi connectivity index (χ2n) is 9.93. The summed E-state index contributed by atoms with van der Waals surface area (Å²) < 4.78 is 46.5. The van der Waals surface area contributed by atoms with Crippen LogP contribution in [0.5, 0.6) is 5.88 Å². The fraction of sp³-hybridized carbons (Fsp3) is 0.500. The van der Waals surface area contributed by atoms with Gasteiger partial charge in [-0.2, -0.15) is 14.6 Å². The Hall–Kier alpha value is -3.52. The molecule has 1 aromatic heterocycles. The number of anilines is 2. The first-order valence-corrected chi connectivity index (χ1v) is 11.3. The van der Waals surface area contributed by atoms with Gasteiger partial charge in [-0.05, 0) is 23.6 Å². The number of aromatic nitrogens is 2. The van der Waals surface area contributed by atoms with Gasteiger partial charge in [0.1, 0.15) is 18.2 Å². The molecule has 11 heteroatoms. The molecule has 1 aromatic carbocycles. The molecular weight excluding hydrogens is 460 g/mol. The van der Waals surface area contributed by atoms with Crippen molar-refractivity contribution in [1.29, 1.82) is 5.26 Å². The normalized spacial score (nSPS) is 21.7. The molecule has 2 aromatic rings. The number of carbonyl (C=O) groups excluding carboxylic acids is 1. The van der Waals surface area contributed by atoms with E-state index in [1.54, 1.807) is 4.90 Å². The van der Waals surface area contributed by atoms with Gasteiger partial charge in [0, 0.05) is 24.9 Å². The molecule has 1 amide bonds. The van der Waals surface area contributed by atoms with E-state index in [4.69, 9.17) is 19.5 Å². The highest BCUT2D eigenvalue weighted by Gasteiger charge is 2.44. The number of nitrogens with zero attached hydrogens (tertiary/aromatic N) is 4. The van der Waals surface area contributed by atoms with Gasteiger partial charge >= 0.3 is 6.09 Å². The summed E-state index contributed by atoms with van der Waals surface area (Å²) in [5, 5.41) is 11.5. The Kier molecular flexibility index (Phi) is 7.03. The lowest BCUT2D eigenvalue weighted by molar-refractivity contribution is -0.111. The van der Waals surface area contributed by atoms with Gasteiger partial charge in [0.2, 0.25) is 5.82 Å². The van der Waals surface area contributed by atoms with Crippen LogP contribution in [-0.2, 0) is 9.47 Å². The Morgan fingerprint density at radius 1 is 1.26 bits per heavy atom. The minimum absolute atomic E-state index is 0.0418. The summed E-state index contributed by atoms with van der Waals surface area (Å²) in [5.41, 5.74) is -0.0462. The van der Waals surface area contributed by atoms with E-state index in [1.807, 2.05) is 26.8 Å². The molecule has 2 aliphatic rings. The van der Waals surface area contributed by atoms with E-state index in [0.717, 1.165) is 12.4 Å². The number of piperidine rings is 1. The molecule has 2 saturated heterocycles. The van der Waals surface area contributed by atoms with Crippen LogP contribution in [0.15, 0.2) is 24.5 Å². The van der Waals surface area contributed by atoms with Crippen LogP contribution < -0.4 is 10.1 Å². The van der Waals surface area contributed by atoms with Crippen molar-refractivity contribution in [3.05, 3.63) is 41.7 Å². The van der Waals surface area contributed by atoms with Crippen LogP contribution in [0.1, 0.15) is 26.3 Å². The van der Waals surface area contributed by atoms with Crippen LogP contribution in [0.25, 0.3) is 0 Å². The quantitative estimate of drug-likeness (QED) is 0.677. The second kappa shape index (κ2) is 10.00. The maximum atomic E-state index is 15.2. The molecule has 35 heavy (non-hydrogen) atoms. The lowest BCUT2D eigenvalue weighted by Gasteiger charge is -2.45. The molecule has 2 fully saturated rings. The van der Waals surface area contributed by atoms with Gasteiger partial charge < -0.3 is 24.4 Å². The molecule has 2 unspecified atom stereocenters. The summed E-state index contributed by atoms with van der Waals surface area (Å²) in [7, 11) is 0. The third-order valence-corrected chi connectivity index (χ3v) is 5.75. The lowest BCUT2D eigenvalue weighted by Crippen LogP contribution is -2.58. The summed E-state index contributed by atoms with van der Waals surface area (Å²) in [5.74, 6) is -2.53. The molecule has 9 nitrogen and oxygen atoms in total. The smallest absolute Gasteiger partial charge is 0.409 e. The monoisotopic (exact) mass is 487 g/mol. The third kappa shape index (κ3) is 5.77. The predicted molar refractivity (Wildman–Crippen MR) is 121 cm³/mol. The van der Waals surface area contributed by atoms with Gasteiger partial charge in [-0.3, -0.25) is 0 Å². The lowest BCUT2D eigenvalue weighted by atomic mass is 9.84. The number of nitrogens with one attached hydrogen (secondary N) is 1. The maximum absolute atomic E-state index is 15.2. The first kappa shape index (κ1) is 24.6. The van der Waals surface area contributed by atoms with Crippen LogP contribution in [0.4, 0.5) is 25.1 Å². The number of likely N-dealkylation sites (tertiary alicyclic amines) is 1. The molecule has 2 bridgehead atoms. The number of benzene rings is 1. The molecule has 0 saturated carbocycles. The molecule has 2 aliphatic heterocycles. The molecule has 186 valence electrons. The van der Waals surface area contributed by atoms with E-state index in [9.17, 15) is 9.18 Å². The van der Waals surface area contributed by atoms with Gasteiger partial charge in [-0.25, -0.2) is 14.2 Å². The van der Waals surface area contributed by atoms with Crippen molar-refractivity contribution in [3.8, 4) is 11.9 Å². The Morgan fingerprint density at radius 3 is 2.60 bits per heavy atom. The number of ether oxygens (including phenoxy) is 3. The Morgan fingerprint density at radius 2 is 1.97 bits per heavy atom. The largest absolute Gasteiger partial charge is 0.471 e. The van der Waals surface area contributed by atoms with Crippen LogP contribution in [0, 0.1) is 40.2 Å². The minimum atomic E-state index is -0.873. The van der Waals surface area contributed by atoms with E-state index < -0.39 is 17.7 Å². The van der Waals surface area contributed by atoms with Crippen molar-refractivity contribution >= 4 is 17.6 Å². The summed E-state index contributed by atoms with van der Waals surface area (Å²) in [6, 6.07) is 5.61. The van der Waals surface area contributed by atoms with Gasteiger partial charge in [0.05, 0.1) is 37.1 Å². The highest BCUT2D eigenvalue weighted by atomic mass is 19.1. The van der Waals surface area contributed by atoms with Gasteiger partial charge in [-0.1, -0.05) is 20.8 Å². The van der Waals surface area contributed by atoms with E-state index in [2.05, 4.69) is 15.3 Å². The summed E-state index contributed by atoms with van der Waals surface area (Å²) in [6.07, 6.45) is 0.298. The first-order valence-electron chi connectivity index (χ1n) is 11.3. The topological polar surface area (TPSA) is 110 Å². The fourth-order valence-electron chi connectivity index (χ4n) is 4.08. The number of hydrogen-bond donors (Lipinski definition) is 1. The summed E-state index contributed by atoms with van der Waals surface area (Å²) in [6.45, 7) is 7.64. The van der Waals surface area contributed by atoms with Gasteiger partial charge in [0.25, 0.3) is 5.88 Å². The number of amides is 1. The number of halogens is 2. The second-order valence-corrected chi connectivity index (χ2v) is 9.93. The maximum Gasteiger partial charge on any atom is 0.409 e.